The molecular weight excluding hydrogens is 273 g/mol. The van der Waals surface area contributed by atoms with Gasteiger partial charge in [0.05, 0.1) is 5.69 Å². The van der Waals surface area contributed by atoms with Crippen LogP contribution in [0.25, 0.3) is 0 Å². The summed E-state index contributed by atoms with van der Waals surface area (Å²) in [5.41, 5.74) is 6.72. The predicted octanol–water partition coefficient (Wildman–Crippen LogP) is 1.66. The highest BCUT2D eigenvalue weighted by Gasteiger charge is 2.42. The number of nitrogens with one attached hydrogen (secondary N) is 1. The standard InChI is InChI=1S/C12H17F3N4O/c1-2-8-4-3-5-18-10(8)7-17-6-9(11(16)19-20)12(13,14)15/h3-5,9,17,20H,2,6-7H2,1H3,(H2,16,19). The summed E-state index contributed by atoms with van der Waals surface area (Å²) < 4.78 is 38.1. The normalized spacial score (nSPS) is 14.3. The Hall–Kier alpha value is -1.83. The molecule has 0 aliphatic rings. The highest BCUT2D eigenvalue weighted by Crippen LogP contribution is 2.25. The van der Waals surface area contributed by atoms with Crippen molar-refractivity contribution in [2.75, 3.05) is 6.54 Å². The Kier molecular flexibility index (Phi) is 5.75. The monoisotopic (exact) mass is 290 g/mol. The maximum absolute atomic E-state index is 12.7. The second-order valence-corrected chi connectivity index (χ2v) is 4.21. The summed E-state index contributed by atoms with van der Waals surface area (Å²) in [7, 11) is 0. The zero-order valence-corrected chi connectivity index (χ0v) is 11.0. The summed E-state index contributed by atoms with van der Waals surface area (Å²) in [4.78, 5) is 4.12. The van der Waals surface area contributed by atoms with Gasteiger partial charge in [0.25, 0.3) is 0 Å². The molecule has 20 heavy (non-hydrogen) atoms. The molecule has 1 aromatic heterocycles. The molecule has 4 N–H and O–H groups in total. The van der Waals surface area contributed by atoms with Crippen molar-refractivity contribution >= 4 is 5.84 Å². The van der Waals surface area contributed by atoms with Crippen molar-refractivity contribution in [2.45, 2.75) is 26.1 Å². The summed E-state index contributed by atoms with van der Waals surface area (Å²) in [5.74, 6) is -2.89. The third-order valence-corrected chi connectivity index (χ3v) is 2.87. The number of alkyl halides is 3. The maximum Gasteiger partial charge on any atom is 0.400 e. The molecule has 1 atom stereocenters. The number of oxime groups is 1. The van der Waals surface area contributed by atoms with Gasteiger partial charge in [-0.25, -0.2) is 0 Å². The predicted molar refractivity (Wildman–Crippen MR) is 68.3 cm³/mol. The van der Waals surface area contributed by atoms with E-state index in [2.05, 4.69) is 15.5 Å². The number of nitrogens with zero attached hydrogens (tertiary/aromatic N) is 2. The fraction of sp³-hybridized carbons (Fsp3) is 0.500. The molecular formula is C12H17F3N4O. The van der Waals surface area contributed by atoms with Crippen molar-refractivity contribution in [3.63, 3.8) is 0 Å². The lowest BCUT2D eigenvalue weighted by Crippen LogP contribution is -2.42. The Morgan fingerprint density at radius 1 is 1.55 bits per heavy atom. The molecule has 0 aromatic carbocycles. The molecule has 1 unspecified atom stereocenters. The van der Waals surface area contributed by atoms with Crippen LogP contribution < -0.4 is 11.1 Å². The summed E-state index contributed by atoms with van der Waals surface area (Å²) >= 11 is 0. The van der Waals surface area contributed by atoms with Gasteiger partial charge in [-0.1, -0.05) is 18.1 Å². The van der Waals surface area contributed by atoms with Crippen molar-refractivity contribution in [3.8, 4) is 0 Å². The quantitative estimate of drug-likeness (QED) is 0.322. The number of halogens is 3. The summed E-state index contributed by atoms with van der Waals surface area (Å²) in [6, 6.07) is 3.64. The smallest absolute Gasteiger partial charge is 0.400 e. The largest absolute Gasteiger partial charge is 0.409 e. The first-order valence-electron chi connectivity index (χ1n) is 6.07. The molecule has 0 bridgehead atoms. The van der Waals surface area contributed by atoms with Gasteiger partial charge in [0.2, 0.25) is 0 Å². The highest BCUT2D eigenvalue weighted by atomic mass is 19.4. The van der Waals surface area contributed by atoms with Crippen LogP contribution in [0.15, 0.2) is 23.5 Å². The fourth-order valence-corrected chi connectivity index (χ4v) is 1.74. The minimum Gasteiger partial charge on any atom is -0.409 e. The molecule has 0 aliphatic heterocycles. The number of hydrogen-bond acceptors (Lipinski definition) is 4. The molecule has 1 aromatic rings. The van der Waals surface area contributed by atoms with Crippen LogP contribution in [0.1, 0.15) is 18.2 Å². The Morgan fingerprint density at radius 3 is 2.80 bits per heavy atom. The first-order chi connectivity index (χ1) is 9.40. The molecule has 0 spiro atoms. The zero-order chi connectivity index (χ0) is 15.2. The number of aryl methyl sites for hydroxylation is 1. The zero-order valence-electron chi connectivity index (χ0n) is 11.0. The van der Waals surface area contributed by atoms with E-state index in [1.165, 1.54) is 0 Å². The van der Waals surface area contributed by atoms with Crippen LogP contribution in [0.4, 0.5) is 13.2 Å². The van der Waals surface area contributed by atoms with E-state index >= 15 is 0 Å². The number of amidine groups is 1. The second-order valence-electron chi connectivity index (χ2n) is 4.21. The Labute approximate surface area is 114 Å². The van der Waals surface area contributed by atoms with Crippen molar-refractivity contribution in [1.82, 2.24) is 10.3 Å². The van der Waals surface area contributed by atoms with Crippen LogP contribution >= 0.6 is 0 Å². The minimum absolute atomic E-state index is 0.190. The van der Waals surface area contributed by atoms with Gasteiger partial charge >= 0.3 is 6.18 Å². The SMILES string of the molecule is CCc1cccnc1CNCC(/C(N)=N/O)C(F)(F)F. The van der Waals surface area contributed by atoms with E-state index in [1.54, 1.807) is 12.3 Å². The number of aromatic nitrogens is 1. The van der Waals surface area contributed by atoms with Gasteiger partial charge in [0, 0.05) is 19.3 Å². The molecule has 1 heterocycles. The average molecular weight is 290 g/mol. The number of pyridine rings is 1. The Morgan fingerprint density at radius 2 is 2.25 bits per heavy atom. The lowest BCUT2D eigenvalue weighted by Gasteiger charge is -2.19. The third-order valence-electron chi connectivity index (χ3n) is 2.87. The van der Waals surface area contributed by atoms with Gasteiger partial charge in [-0.05, 0) is 18.1 Å². The molecule has 8 heteroatoms. The van der Waals surface area contributed by atoms with Crippen LogP contribution in [-0.2, 0) is 13.0 Å². The van der Waals surface area contributed by atoms with Gasteiger partial charge < -0.3 is 16.3 Å². The van der Waals surface area contributed by atoms with Gasteiger partial charge in [0.1, 0.15) is 5.92 Å². The number of nitrogens with two attached hydrogens (primary N) is 1. The van der Waals surface area contributed by atoms with E-state index in [-0.39, 0.29) is 6.54 Å². The molecule has 0 amide bonds. The number of rotatable bonds is 6. The van der Waals surface area contributed by atoms with Crippen molar-refractivity contribution in [2.24, 2.45) is 16.8 Å². The highest BCUT2D eigenvalue weighted by molar-refractivity contribution is 5.83. The molecule has 0 saturated heterocycles. The summed E-state index contributed by atoms with van der Waals surface area (Å²) in [6.45, 7) is 1.66. The van der Waals surface area contributed by atoms with Crippen molar-refractivity contribution in [3.05, 3.63) is 29.6 Å². The van der Waals surface area contributed by atoms with Gasteiger partial charge in [-0.3, -0.25) is 4.98 Å². The first kappa shape index (κ1) is 16.2. The summed E-state index contributed by atoms with van der Waals surface area (Å²) in [6.07, 6.45) is -2.24. The van der Waals surface area contributed by atoms with Crippen LogP contribution in [0.5, 0.6) is 0 Å². The third kappa shape index (κ3) is 4.37. The maximum atomic E-state index is 12.7. The average Bonchev–Trinajstić information content (AvgIpc) is 2.41. The van der Waals surface area contributed by atoms with Crippen LogP contribution in [-0.4, -0.2) is 28.7 Å². The Bertz CT molecular complexity index is 462. The molecule has 5 nitrogen and oxygen atoms in total. The van der Waals surface area contributed by atoms with E-state index in [0.717, 1.165) is 12.0 Å². The second kappa shape index (κ2) is 7.09. The van der Waals surface area contributed by atoms with E-state index in [9.17, 15) is 13.2 Å². The molecule has 112 valence electrons. The Balaban J connectivity index is 2.66. The molecule has 0 saturated carbocycles. The van der Waals surface area contributed by atoms with Crippen molar-refractivity contribution < 1.29 is 18.4 Å². The summed E-state index contributed by atoms with van der Waals surface area (Å²) in [5, 5.41) is 13.5. The van der Waals surface area contributed by atoms with E-state index in [4.69, 9.17) is 10.9 Å². The first-order valence-corrected chi connectivity index (χ1v) is 6.07. The molecule has 0 radical (unpaired) electrons. The van der Waals surface area contributed by atoms with Crippen molar-refractivity contribution in [1.29, 1.82) is 0 Å². The van der Waals surface area contributed by atoms with Crippen LogP contribution in [0, 0.1) is 5.92 Å². The topological polar surface area (TPSA) is 83.5 Å². The van der Waals surface area contributed by atoms with Crippen LogP contribution in [0.2, 0.25) is 0 Å². The van der Waals surface area contributed by atoms with Gasteiger partial charge in [-0.15, -0.1) is 0 Å². The van der Waals surface area contributed by atoms with E-state index in [0.29, 0.717) is 5.69 Å². The van der Waals surface area contributed by atoms with E-state index < -0.39 is 24.5 Å². The fourth-order valence-electron chi connectivity index (χ4n) is 1.74. The van der Waals surface area contributed by atoms with Gasteiger partial charge in [-0.2, -0.15) is 13.2 Å². The molecule has 0 fully saturated rings. The van der Waals surface area contributed by atoms with E-state index in [1.807, 2.05) is 13.0 Å². The molecule has 1 rings (SSSR count). The molecule has 0 aliphatic carbocycles. The minimum atomic E-state index is -4.57. The van der Waals surface area contributed by atoms with Gasteiger partial charge in [0.15, 0.2) is 5.84 Å². The lowest BCUT2D eigenvalue weighted by molar-refractivity contribution is -0.155. The lowest BCUT2D eigenvalue weighted by atomic mass is 10.1. The van der Waals surface area contributed by atoms with Crippen LogP contribution in [0.3, 0.4) is 0 Å². The number of hydrogen-bond donors (Lipinski definition) is 3.